The highest BCUT2D eigenvalue weighted by atomic mass is 35.5. The van der Waals surface area contributed by atoms with Crippen molar-refractivity contribution < 1.29 is 9.90 Å². The normalized spacial score (nSPS) is 10.5. The molecule has 0 aliphatic carbocycles. The van der Waals surface area contributed by atoms with Crippen molar-refractivity contribution in [2.75, 3.05) is 0 Å². The zero-order chi connectivity index (χ0) is 18.8. The van der Waals surface area contributed by atoms with Crippen molar-refractivity contribution in [2.24, 2.45) is 0 Å². The van der Waals surface area contributed by atoms with Crippen LogP contribution in [-0.4, -0.2) is 15.5 Å². The lowest BCUT2D eigenvalue weighted by atomic mass is 10.0. The van der Waals surface area contributed by atoms with Crippen LogP contribution in [-0.2, 0) is 6.54 Å². The van der Waals surface area contributed by atoms with Crippen molar-refractivity contribution in [1.82, 2.24) is 4.57 Å². The van der Waals surface area contributed by atoms with Crippen LogP contribution in [0.2, 0.25) is 5.02 Å². The predicted molar refractivity (Wildman–Crippen MR) is 100 cm³/mol. The van der Waals surface area contributed by atoms with Gasteiger partial charge in [0.15, 0.2) is 0 Å². The number of pyridine rings is 1. The second kappa shape index (κ2) is 7.16. The lowest BCUT2D eigenvalue weighted by Crippen LogP contribution is -2.27. The first-order valence-corrected chi connectivity index (χ1v) is 8.89. The highest BCUT2D eigenvalue weighted by molar-refractivity contribution is 7.12. The number of nitriles is 1. The van der Waals surface area contributed by atoms with Crippen molar-refractivity contribution in [3.8, 4) is 11.9 Å². The summed E-state index contributed by atoms with van der Waals surface area (Å²) in [6, 6.07) is 12.1. The average Bonchev–Trinajstić information content (AvgIpc) is 3.15. The molecule has 3 rings (SSSR count). The van der Waals surface area contributed by atoms with Crippen LogP contribution in [0.4, 0.5) is 0 Å². The summed E-state index contributed by atoms with van der Waals surface area (Å²) in [6.45, 7) is 1.43. The first-order chi connectivity index (χ1) is 12.5. The first-order valence-electron chi connectivity index (χ1n) is 7.63. The summed E-state index contributed by atoms with van der Waals surface area (Å²) in [6.07, 6.45) is 0. The predicted octanol–water partition coefficient (Wildman–Crippen LogP) is 3.73. The quantitative estimate of drug-likeness (QED) is 0.695. The van der Waals surface area contributed by atoms with Gasteiger partial charge in [-0.15, -0.1) is 11.3 Å². The highest BCUT2D eigenvalue weighted by Crippen LogP contribution is 2.27. The van der Waals surface area contributed by atoms with Gasteiger partial charge in [-0.05, 0) is 35.6 Å². The van der Waals surface area contributed by atoms with Gasteiger partial charge in [0, 0.05) is 5.02 Å². The highest BCUT2D eigenvalue weighted by Gasteiger charge is 2.25. The van der Waals surface area contributed by atoms with Gasteiger partial charge in [0.2, 0.25) is 11.7 Å². The third-order valence-corrected chi connectivity index (χ3v) is 5.30. The third-order valence-electron chi connectivity index (χ3n) is 4.06. The van der Waals surface area contributed by atoms with Crippen molar-refractivity contribution in [1.29, 1.82) is 5.26 Å². The van der Waals surface area contributed by atoms with Gasteiger partial charge in [0.1, 0.15) is 11.6 Å². The summed E-state index contributed by atoms with van der Waals surface area (Å²) in [5, 5.41) is 22.2. The molecule has 0 unspecified atom stereocenters. The maximum Gasteiger partial charge on any atom is 0.271 e. The third kappa shape index (κ3) is 3.03. The molecule has 130 valence electrons. The molecule has 0 aliphatic heterocycles. The van der Waals surface area contributed by atoms with E-state index in [-0.39, 0.29) is 23.2 Å². The number of benzene rings is 1. The van der Waals surface area contributed by atoms with Gasteiger partial charge < -0.3 is 5.11 Å². The summed E-state index contributed by atoms with van der Waals surface area (Å²) in [5.41, 5.74) is -0.117. The van der Waals surface area contributed by atoms with Crippen molar-refractivity contribution in [2.45, 2.75) is 13.5 Å². The molecule has 7 heteroatoms. The molecule has 0 saturated carbocycles. The summed E-state index contributed by atoms with van der Waals surface area (Å²) >= 11 is 7.36. The Morgan fingerprint density at radius 2 is 2.04 bits per heavy atom. The number of aromatic nitrogens is 1. The molecule has 0 saturated heterocycles. The molecule has 26 heavy (non-hydrogen) atoms. The van der Waals surface area contributed by atoms with Gasteiger partial charge >= 0.3 is 0 Å². The minimum absolute atomic E-state index is 0.0457. The maximum atomic E-state index is 12.8. The van der Waals surface area contributed by atoms with Gasteiger partial charge in [-0.1, -0.05) is 35.9 Å². The molecule has 2 aromatic heterocycles. The van der Waals surface area contributed by atoms with Crippen LogP contribution in [0.3, 0.4) is 0 Å². The number of ketones is 1. The van der Waals surface area contributed by atoms with Crippen molar-refractivity contribution in [3.05, 3.63) is 84.3 Å². The largest absolute Gasteiger partial charge is 0.494 e. The molecule has 0 aliphatic rings. The Morgan fingerprint density at radius 1 is 1.31 bits per heavy atom. The van der Waals surface area contributed by atoms with E-state index < -0.39 is 17.2 Å². The standard InChI is InChI=1S/C19H13ClN2O3S/c1-11-13(9-21)18(24)22(10-12-5-2-3-6-14(12)20)19(25)16(11)17(23)15-7-4-8-26-15/h2-8,25H,10H2,1H3. The first kappa shape index (κ1) is 17.9. The van der Waals surface area contributed by atoms with Gasteiger partial charge in [0.25, 0.3) is 5.56 Å². The molecule has 2 heterocycles. The Morgan fingerprint density at radius 3 is 2.65 bits per heavy atom. The second-order valence-corrected chi connectivity index (χ2v) is 6.95. The van der Waals surface area contributed by atoms with Crippen LogP contribution in [0.5, 0.6) is 5.88 Å². The van der Waals surface area contributed by atoms with E-state index in [0.717, 1.165) is 4.57 Å². The van der Waals surface area contributed by atoms with Crippen molar-refractivity contribution in [3.63, 3.8) is 0 Å². The zero-order valence-corrected chi connectivity index (χ0v) is 15.3. The number of aromatic hydroxyl groups is 1. The average molecular weight is 385 g/mol. The SMILES string of the molecule is Cc1c(C(=O)c2cccs2)c(O)n(Cc2ccccc2Cl)c(=O)c1C#N. The molecule has 1 N–H and O–H groups in total. The van der Waals surface area contributed by atoms with Gasteiger partial charge in [-0.2, -0.15) is 5.26 Å². The van der Waals surface area contributed by atoms with E-state index in [0.29, 0.717) is 15.5 Å². The molecule has 0 bridgehead atoms. The molecule has 3 aromatic rings. The molecule has 5 nitrogen and oxygen atoms in total. The molecular weight excluding hydrogens is 372 g/mol. The fourth-order valence-corrected chi connectivity index (χ4v) is 3.56. The van der Waals surface area contributed by atoms with E-state index in [1.54, 1.807) is 41.8 Å². The molecular formula is C19H13ClN2O3S. The minimum Gasteiger partial charge on any atom is -0.494 e. The monoisotopic (exact) mass is 384 g/mol. The summed E-state index contributed by atoms with van der Waals surface area (Å²) < 4.78 is 1.01. The summed E-state index contributed by atoms with van der Waals surface area (Å²) in [5.74, 6) is -0.899. The number of nitrogens with zero attached hydrogens (tertiary/aromatic N) is 2. The molecule has 0 fully saturated rings. The number of carbonyl (C=O) groups is 1. The van der Waals surface area contributed by atoms with E-state index >= 15 is 0 Å². The molecule has 0 amide bonds. The fraction of sp³-hybridized carbons (Fsp3) is 0.105. The van der Waals surface area contributed by atoms with Crippen molar-refractivity contribution >= 4 is 28.7 Å². The number of thiophene rings is 1. The van der Waals surface area contributed by atoms with Crippen LogP contribution in [0, 0.1) is 18.3 Å². The Labute approximate surface area is 158 Å². The molecule has 0 spiro atoms. The number of carbonyl (C=O) groups excluding carboxylic acids is 1. The van der Waals surface area contributed by atoms with Gasteiger partial charge in [0.05, 0.1) is 17.0 Å². The Bertz CT molecular complexity index is 1100. The van der Waals surface area contributed by atoms with Crippen LogP contribution < -0.4 is 5.56 Å². The lowest BCUT2D eigenvalue weighted by molar-refractivity contribution is 0.103. The van der Waals surface area contributed by atoms with Crippen LogP contribution in [0.1, 0.15) is 31.9 Å². The van der Waals surface area contributed by atoms with Crippen LogP contribution in [0.15, 0.2) is 46.6 Å². The van der Waals surface area contributed by atoms with Crippen LogP contribution in [0.25, 0.3) is 0 Å². The maximum absolute atomic E-state index is 12.8. The van der Waals surface area contributed by atoms with Gasteiger partial charge in [-0.25, -0.2) is 0 Å². The second-order valence-electron chi connectivity index (χ2n) is 5.60. The van der Waals surface area contributed by atoms with E-state index in [9.17, 15) is 20.0 Å². The zero-order valence-electron chi connectivity index (χ0n) is 13.7. The number of hydrogen-bond donors (Lipinski definition) is 1. The van der Waals surface area contributed by atoms with Gasteiger partial charge in [-0.3, -0.25) is 14.2 Å². The molecule has 1 aromatic carbocycles. The molecule has 0 atom stereocenters. The lowest BCUT2D eigenvalue weighted by Gasteiger charge is -2.15. The summed E-state index contributed by atoms with van der Waals surface area (Å²) in [4.78, 5) is 25.9. The smallest absolute Gasteiger partial charge is 0.271 e. The Balaban J connectivity index is 2.24. The number of rotatable bonds is 4. The number of hydrogen-bond acceptors (Lipinski definition) is 5. The van der Waals surface area contributed by atoms with E-state index in [1.807, 2.05) is 6.07 Å². The van der Waals surface area contributed by atoms with E-state index in [1.165, 1.54) is 18.3 Å². The Hall–Kier alpha value is -2.88. The topological polar surface area (TPSA) is 83.1 Å². The fourth-order valence-electron chi connectivity index (χ4n) is 2.70. The number of halogens is 1. The Kier molecular flexibility index (Phi) is 4.94. The summed E-state index contributed by atoms with van der Waals surface area (Å²) in [7, 11) is 0. The minimum atomic E-state index is -0.662. The van der Waals surface area contributed by atoms with E-state index in [4.69, 9.17) is 11.6 Å². The van der Waals surface area contributed by atoms with E-state index in [2.05, 4.69) is 0 Å². The van der Waals surface area contributed by atoms with Crippen LogP contribution >= 0.6 is 22.9 Å². The molecule has 0 radical (unpaired) electrons.